The number of nitrogens with zero attached hydrogens (tertiary/aromatic N) is 2. The Kier molecular flexibility index (Phi) is 11.5. The number of fused-ring (bicyclic) bond motifs is 6. The van der Waals surface area contributed by atoms with Gasteiger partial charge in [-0.25, -0.2) is 0 Å². The van der Waals surface area contributed by atoms with Gasteiger partial charge in [0.05, 0.1) is 0 Å². The Morgan fingerprint density at radius 1 is 0.459 bits per heavy atom. The first-order valence-corrected chi connectivity index (χ1v) is 23.1. The van der Waals surface area contributed by atoms with E-state index in [1.54, 1.807) is 0 Å². The van der Waals surface area contributed by atoms with Crippen LogP contribution in [0, 0.1) is 11.8 Å². The van der Waals surface area contributed by atoms with Gasteiger partial charge in [0, 0.05) is 50.3 Å². The summed E-state index contributed by atoms with van der Waals surface area (Å²) in [5.41, 5.74) is 16.7. The van der Waals surface area contributed by atoms with Crippen LogP contribution in [0.25, 0.3) is 55.2 Å². The normalized spacial score (nSPS) is 14.7. The van der Waals surface area contributed by atoms with Crippen molar-refractivity contribution in [3.8, 4) is 33.4 Å². The second kappa shape index (κ2) is 17.3. The van der Waals surface area contributed by atoms with Gasteiger partial charge < -0.3 is 9.47 Å². The van der Waals surface area contributed by atoms with Gasteiger partial charge in [0.1, 0.15) is 0 Å². The van der Waals surface area contributed by atoms with E-state index in [-0.39, 0.29) is 5.41 Å². The summed E-state index contributed by atoms with van der Waals surface area (Å²) in [7, 11) is 0. The standard InChI is InChI=1S/C59H62N2/c1-7-8-9-10-11-19-38-59(6)54-24-17-15-22-50(54)51-36-35-49(40-55(51)59)60(47-31-26-44(27-32-47)43-20-13-12-14-21-43)48-33-28-45(29-34-48)46-30-37-57-53(39-46)52-23-16-18-25-56(52)61(57)58(41(2)3)42(4)5/h12-18,20-37,39-42,58H,7-11,19,38H2,1-6H3. The van der Waals surface area contributed by atoms with Crippen molar-refractivity contribution in [3.05, 3.63) is 175 Å². The highest BCUT2D eigenvalue weighted by atomic mass is 15.1. The van der Waals surface area contributed by atoms with Crippen LogP contribution >= 0.6 is 0 Å². The molecular formula is C59H62N2. The summed E-state index contributed by atoms with van der Waals surface area (Å²) in [5, 5.41) is 2.65. The van der Waals surface area contributed by atoms with Gasteiger partial charge in [-0.15, -0.1) is 0 Å². The highest BCUT2D eigenvalue weighted by Crippen LogP contribution is 2.53. The van der Waals surface area contributed by atoms with Crippen molar-refractivity contribution >= 4 is 38.9 Å². The third kappa shape index (κ3) is 7.60. The number of rotatable bonds is 15. The molecule has 0 radical (unpaired) electrons. The number of aromatic nitrogens is 1. The molecular weight excluding hydrogens is 737 g/mol. The number of unbranched alkanes of at least 4 members (excludes halogenated alkanes) is 5. The van der Waals surface area contributed by atoms with E-state index in [4.69, 9.17) is 0 Å². The molecule has 0 saturated heterocycles. The van der Waals surface area contributed by atoms with Gasteiger partial charge in [0.15, 0.2) is 0 Å². The fourth-order valence-corrected chi connectivity index (χ4v) is 10.8. The zero-order valence-corrected chi connectivity index (χ0v) is 37.2. The van der Waals surface area contributed by atoms with Crippen LogP contribution in [0.4, 0.5) is 17.1 Å². The van der Waals surface area contributed by atoms with Crippen molar-refractivity contribution in [1.29, 1.82) is 0 Å². The first kappa shape index (κ1) is 40.5. The first-order chi connectivity index (χ1) is 29.8. The minimum atomic E-state index is -0.0362. The summed E-state index contributed by atoms with van der Waals surface area (Å²) in [6, 6.07) is 62.0. The van der Waals surface area contributed by atoms with E-state index in [1.807, 2.05) is 0 Å². The molecule has 0 saturated carbocycles. The first-order valence-electron chi connectivity index (χ1n) is 23.1. The molecule has 1 aliphatic rings. The van der Waals surface area contributed by atoms with Crippen molar-refractivity contribution in [2.45, 2.75) is 97.9 Å². The van der Waals surface area contributed by atoms with Gasteiger partial charge in [-0.2, -0.15) is 0 Å². The van der Waals surface area contributed by atoms with Gasteiger partial charge >= 0.3 is 0 Å². The van der Waals surface area contributed by atoms with Crippen molar-refractivity contribution in [1.82, 2.24) is 4.57 Å². The van der Waals surface area contributed by atoms with Crippen LogP contribution in [0.2, 0.25) is 0 Å². The lowest BCUT2D eigenvalue weighted by Crippen LogP contribution is -2.21. The molecule has 0 N–H and O–H groups in total. The molecule has 0 bridgehead atoms. The molecule has 1 atom stereocenters. The lowest BCUT2D eigenvalue weighted by molar-refractivity contribution is 0.301. The molecule has 8 aromatic rings. The maximum Gasteiger partial charge on any atom is 0.0494 e. The lowest BCUT2D eigenvalue weighted by Gasteiger charge is -2.30. The molecule has 0 fully saturated rings. The van der Waals surface area contributed by atoms with Crippen molar-refractivity contribution in [2.75, 3.05) is 4.90 Å². The van der Waals surface area contributed by atoms with Crippen LogP contribution in [0.5, 0.6) is 0 Å². The molecule has 1 aliphatic carbocycles. The van der Waals surface area contributed by atoms with E-state index in [9.17, 15) is 0 Å². The van der Waals surface area contributed by atoms with Crippen LogP contribution < -0.4 is 4.90 Å². The van der Waals surface area contributed by atoms with Gasteiger partial charge in [0.2, 0.25) is 0 Å². The Hall–Kier alpha value is -5.86. The molecule has 9 rings (SSSR count). The average Bonchev–Trinajstić information content (AvgIpc) is 3.74. The van der Waals surface area contributed by atoms with Crippen molar-refractivity contribution < 1.29 is 0 Å². The molecule has 308 valence electrons. The Balaban J connectivity index is 1.11. The number of hydrogen-bond donors (Lipinski definition) is 0. The SMILES string of the molecule is CCCCCCCCC1(C)c2ccccc2-c2ccc(N(c3ccc(-c4ccccc4)cc3)c3ccc(-c4ccc5c(c4)c4ccccc4n5C(C(C)C)C(C)C)cc3)cc21. The lowest BCUT2D eigenvalue weighted by atomic mass is 9.76. The van der Waals surface area contributed by atoms with Gasteiger partial charge in [-0.1, -0.05) is 189 Å². The molecule has 61 heavy (non-hydrogen) atoms. The topological polar surface area (TPSA) is 8.17 Å². The predicted molar refractivity (Wildman–Crippen MR) is 264 cm³/mol. The average molecular weight is 799 g/mol. The predicted octanol–water partition coefficient (Wildman–Crippen LogP) is 17.5. The summed E-state index contributed by atoms with van der Waals surface area (Å²) < 4.78 is 2.61. The Morgan fingerprint density at radius 2 is 1.00 bits per heavy atom. The van der Waals surface area contributed by atoms with Gasteiger partial charge in [0.25, 0.3) is 0 Å². The Morgan fingerprint density at radius 3 is 1.70 bits per heavy atom. The molecule has 0 aliphatic heterocycles. The van der Waals surface area contributed by atoms with E-state index < -0.39 is 0 Å². The number of benzene rings is 7. The van der Waals surface area contributed by atoms with Crippen molar-refractivity contribution in [2.24, 2.45) is 11.8 Å². The Labute approximate surface area is 364 Å². The van der Waals surface area contributed by atoms with Crippen molar-refractivity contribution in [3.63, 3.8) is 0 Å². The summed E-state index contributed by atoms with van der Waals surface area (Å²) in [4.78, 5) is 2.46. The quantitative estimate of drug-likeness (QED) is 0.0938. The van der Waals surface area contributed by atoms with Crippen LogP contribution in [-0.4, -0.2) is 4.57 Å². The highest BCUT2D eigenvalue weighted by molar-refractivity contribution is 6.09. The fourth-order valence-electron chi connectivity index (χ4n) is 10.8. The zero-order chi connectivity index (χ0) is 42.1. The molecule has 1 aromatic heterocycles. The summed E-state index contributed by atoms with van der Waals surface area (Å²) in [5.74, 6) is 1.05. The molecule has 2 heteroatoms. The van der Waals surface area contributed by atoms with Crippen LogP contribution in [-0.2, 0) is 5.41 Å². The molecule has 1 unspecified atom stereocenters. The third-order valence-electron chi connectivity index (χ3n) is 13.8. The highest BCUT2D eigenvalue weighted by Gasteiger charge is 2.39. The van der Waals surface area contributed by atoms with Gasteiger partial charge in [-0.05, 0) is 117 Å². The van der Waals surface area contributed by atoms with Crippen LogP contribution in [0.15, 0.2) is 164 Å². The molecule has 0 spiro atoms. The Bertz CT molecular complexity index is 2740. The number of anilines is 3. The number of para-hydroxylation sites is 1. The molecule has 7 aromatic carbocycles. The van der Waals surface area contributed by atoms with Crippen LogP contribution in [0.3, 0.4) is 0 Å². The van der Waals surface area contributed by atoms with E-state index in [0.717, 1.165) is 17.8 Å². The monoisotopic (exact) mass is 798 g/mol. The van der Waals surface area contributed by atoms with E-state index in [2.05, 4.69) is 215 Å². The van der Waals surface area contributed by atoms with E-state index in [1.165, 1.54) is 111 Å². The zero-order valence-electron chi connectivity index (χ0n) is 37.2. The van der Waals surface area contributed by atoms with E-state index >= 15 is 0 Å². The maximum absolute atomic E-state index is 2.61. The fraction of sp³-hybridized carbons (Fsp3) is 0.288. The molecule has 0 amide bonds. The minimum Gasteiger partial charge on any atom is -0.337 e. The molecule has 1 heterocycles. The summed E-state index contributed by atoms with van der Waals surface area (Å²) in [6.07, 6.45) is 9.00. The van der Waals surface area contributed by atoms with E-state index in [0.29, 0.717) is 17.9 Å². The minimum absolute atomic E-state index is 0.0362. The second-order valence-corrected chi connectivity index (χ2v) is 18.5. The summed E-state index contributed by atoms with van der Waals surface area (Å²) >= 11 is 0. The second-order valence-electron chi connectivity index (χ2n) is 18.5. The molecule has 2 nitrogen and oxygen atoms in total. The smallest absolute Gasteiger partial charge is 0.0494 e. The summed E-state index contributed by atoms with van der Waals surface area (Å²) in [6.45, 7) is 14.2. The number of hydrogen-bond acceptors (Lipinski definition) is 1. The largest absolute Gasteiger partial charge is 0.337 e. The maximum atomic E-state index is 2.61. The van der Waals surface area contributed by atoms with Gasteiger partial charge in [-0.3, -0.25) is 0 Å². The van der Waals surface area contributed by atoms with Crippen LogP contribution in [0.1, 0.15) is 104 Å². The third-order valence-corrected chi connectivity index (χ3v) is 13.8.